The number of ether oxygens (including phenoxy) is 1. The zero-order valence-electron chi connectivity index (χ0n) is 11.1. The SMILES string of the molecule is COc1ccc([N+](=O)[O-])c(NCC2(C)CCCS2)c1. The van der Waals surface area contributed by atoms with Crippen molar-refractivity contribution in [2.75, 3.05) is 24.7 Å². The van der Waals surface area contributed by atoms with Crippen LogP contribution in [-0.2, 0) is 0 Å². The number of nitrogens with zero attached hydrogens (tertiary/aromatic N) is 1. The zero-order chi connectivity index (χ0) is 13.9. The highest BCUT2D eigenvalue weighted by molar-refractivity contribution is 8.00. The number of nitrogens with one attached hydrogen (secondary N) is 1. The third-order valence-electron chi connectivity index (χ3n) is 3.35. The van der Waals surface area contributed by atoms with Crippen molar-refractivity contribution in [1.29, 1.82) is 0 Å². The van der Waals surface area contributed by atoms with E-state index in [1.165, 1.54) is 18.2 Å². The minimum atomic E-state index is -0.369. The van der Waals surface area contributed by atoms with Crippen molar-refractivity contribution in [2.45, 2.75) is 24.5 Å². The van der Waals surface area contributed by atoms with Crippen LogP contribution in [0.1, 0.15) is 19.8 Å². The summed E-state index contributed by atoms with van der Waals surface area (Å²) in [7, 11) is 1.55. The Morgan fingerprint density at radius 1 is 1.58 bits per heavy atom. The molecule has 1 atom stereocenters. The molecule has 1 aromatic rings. The molecule has 1 aromatic carbocycles. The van der Waals surface area contributed by atoms with Gasteiger partial charge in [-0.25, -0.2) is 0 Å². The molecule has 0 radical (unpaired) electrons. The first kappa shape index (κ1) is 14.0. The number of anilines is 1. The van der Waals surface area contributed by atoms with E-state index in [-0.39, 0.29) is 15.4 Å². The molecule has 0 aliphatic carbocycles. The molecule has 1 aliphatic heterocycles. The van der Waals surface area contributed by atoms with E-state index in [0.29, 0.717) is 11.4 Å². The molecule has 5 nitrogen and oxygen atoms in total. The largest absolute Gasteiger partial charge is 0.497 e. The fourth-order valence-electron chi connectivity index (χ4n) is 2.20. The van der Waals surface area contributed by atoms with E-state index >= 15 is 0 Å². The molecule has 6 heteroatoms. The van der Waals surface area contributed by atoms with E-state index in [0.717, 1.165) is 13.0 Å². The van der Waals surface area contributed by atoms with Gasteiger partial charge < -0.3 is 10.1 Å². The lowest BCUT2D eigenvalue weighted by Gasteiger charge is -2.23. The van der Waals surface area contributed by atoms with Gasteiger partial charge in [0.2, 0.25) is 0 Å². The maximum atomic E-state index is 11.0. The highest BCUT2D eigenvalue weighted by Gasteiger charge is 2.29. The molecule has 1 aliphatic rings. The third-order valence-corrected chi connectivity index (χ3v) is 4.89. The van der Waals surface area contributed by atoms with Gasteiger partial charge in [0.1, 0.15) is 11.4 Å². The van der Waals surface area contributed by atoms with E-state index in [9.17, 15) is 10.1 Å². The predicted molar refractivity (Wildman–Crippen MR) is 78.2 cm³/mol. The number of benzene rings is 1. The molecule has 2 rings (SSSR count). The third kappa shape index (κ3) is 3.32. The summed E-state index contributed by atoms with van der Waals surface area (Å²) in [5, 5.41) is 14.2. The summed E-state index contributed by atoms with van der Waals surface area (Å²) in [4.78, 5) is 10.6. The van der Waals surface area contributed by atoms with Crippen molar-refractivity contribution in [2.24, 2.45) is 0 Å². The van der Waals surface area contributed by atoms with Crippen LogP contribution in [0.4, 0.5) is 11.4 Å². The minimum absolute atomic E-state index is 0.0902. The van der Waals surface area contributed by atoms with Crippen LogP contribution in [-0.4, -0.2) is 29.1 Å². The van der Waals surface area contributed by atoms with Crippen LogP contribution in [0.15, 0.2) is 18.2 Å². The summed E-state index contributed by atoms with van der Waals surface area (Å²) in [6.45, 7) is 2.93. The first-order valence-electron chi connectivity index (χ1n) is 6.24. The average molecular weight is 282 g/mol. The molecule has 1 heterocycles. The van der Waals surface area contributed by atoms with Crippen LogP contribution < -0.4 is 10.1 Å². The molecule has 0 bridgehead atoms. The summed E-state index contributed by atoms with van der Waals surface area (Å²) < 4.78 is 5.28. The van der Waals surface area contributed by atoms with Gasteiger partial charge in [-0.2, -0.15) is 11.8 Å². The molecular formula is C13H18N2O3S. The van der Waals surface area contributed by atoms with Crippen molar-refractivity contribution in [3.63, 3.8) is 0 Å². The zero-order valence-corrected chi connectivity index (χ0v) is 12.0. The molecule has 1 unspecified atom stereocenters. The molecule has 19 heavy (non-hydrogen) atoms. The molecular weight excluding hydrogens is 264 g/mol. The van der Waals surface area contributed by atoms with Crippen molar-refractivity contribution < 1.29 is 9.66 Å². The van der Waals surface area contributed by atoms with Crippen molar-refractivity contribution in [1.82, 2.24) is 0 Å². The van der Waals surface area contributed by atoms with Crippen molar-refractivity contribution in [3.05, 3.63) is 28.3 Å². The van der Waals surface area contributed by atoms with Crippen LogP contribution in [0.2, 0.25) is 0 Å². The highest BCUT2D eigenvalue weighted by atomic mass is 32.2. The van der Waals surface area contributed by atoms with Crippen molar-refractivity contribution in [3.8, 4) is 5.75 Å². The van der Waals surface area contributed by atoms with E-state index in [4.69, 9.17) is 4.74 Å². The van der Waals surface area contributed by atoms with Gasteiger partial charge >= 0.3 is 0 Å². The number of hydrogen-bond acceptors (Lipinski definition) is 5. The van der Waals surface area contributed by atoms with E-state index in [2.05, 4.69) is 12.2 Å². The Hall–Kier alpha value is -1.43. The normalized spacial score (nSPS) is 22.2. The fraction of sp³-hybridized carbons (Fsp3) is 0.538. The number of hydrogen-bond donors (Lipinski definition) is 1. The lowest BCUT2D eigenvalue weighted by Crippen LogP contribution is -2.27. The first-order valence-corrected chi connectivity index (χ1v) is 7.23. The summed E-state index contributed by atoms with van der Waals surface area (Å²) >= 11 is 1.92. The molecule has 0 spiro atoms. The predicted octanol–water partition coefficient (Wildman–Crippen LogP) is 3.30. The van der Waals surface area contributed by atoms with Crippen molar-refractivity contribution >= 4 is 23.1 Å². The van der Waals surface area contributed by atoms with Crippen LogP contribution in [0.25, 0.3) is 0 Å². The number of nitro benzene ring substituents is 1. The monoisotopic (exact) mass is 282 g/mol. The molecule has 1 fully saturated rings. The number of methoxy groups -OCH3 is 1. The Labute approximate surface area is 116 Å². The summed E-state index contributed by atoms with van der Waals surface area (Å²) in [5.41, 5.74) is 0.616. The quantitative estimate of drug-likeness (QED) is 0.663. The smallest absolute Gasteiger partial charge is 0.292 e. The van der Waals surface area contributed by atoms with E-state index in [1.807, 2.05) is 11.8 Å². The lowest BCUT2D eigenvalue weighted by atomic mass is 10.1. The molecule has 1 N–H and O–H groups in total. The van der Waals surface area contributed by atoms with Gasteiger partial charge in [0.15, 0.2) is 0 Å². The van der Waals surface area contributed by atoms with Crippen LogP contribution in [0.5, 0.6) is 5.75 Å². The first-order chi connectivity index (χ1) is 9.04. The standard InChI is InChI=1S/C13H18N2O3S/c1-13(6-3-7-19-13)9-14-11-8-10(18-2)4-5-12(11)15(16)17/h4-5,8,14H,3,6-7,9H2,1-2H3. The Bertz CT molecular complexity index is 473. The van der Waals surface area contributed by atoms with Gasteiger partial charge in [0.05, 0.1) is 12.0 Å². The van der Waals surface area contributed by atoms with E-state index in [1.54, 1.807) is 19.2 Å². The van der Waals surface area contributed by atoms with Gasteiger partial charge in [-0.1, -0.05) is 0 Å². The van der Waals surface area contributed by atoms with Crippen LogP contribution >= 0.6 is 11.8 Å². The minimum Gasteiger partial charge on any atom is -0.497 e. The summed E-state index contributed by atoms with van der Waals surface area (Å²) in [5.74, 6) is 1.79. The Morgan fingerprint density at radius 3 is 2.95 bits per heavy atom. The van der Waals surface area contributed by atoms with E-state index < -0.39 is 0 Å². The van der Waals surface area contributed by atoms with Crippen LogP contribution in [0.3, 0.4) is 0 Å². The number of thioether (sulfide) groups is 1. The number of nitro groups is 1. The second-order valence-corrected chi connectivity index (χ2v) is 6.58. The molecule has 0 saturated carbocycles. The molecule has 104 valence electrons. The lowest BCUT2D eigenvalue weighted by molar-refractivity contribution is -0.384. The van der Waals surface area contributed by atoms with Gasteiger partial charge in [-0.05, 0) is 31.6 Å². The molecule has 0 amide bonds. The second kappa shape index (κ2) is 5.69. The topological polar surface area (TPSA) is 64.4 Å². The summed E-state index contributed by atoms with van der Waals surface area (Å²) in [6, 6.07) is 4.77. The van der Waals surface area contributed by atoms with Gasteiger partial charge in [0, 0.05) is 23.4 Å². The fourth-order valence-corrected chi connectivity index (χ4v) is 3.45. The Morgan fingerprint density at radius 2 is 2.37 bits per heavy atom. The highest BCUT2D eigenvalue weighted by Crippen LogP contribution is 2.38. The maximum Gasteiger partial charge on any atom is 0.292 e. The van der Waals surface area contributed by atoms with Gasteiger partial charge in [0.25, 0.3) is 5.69 Å². The number of rotatable bonds is 5. The second-order valence-electron chi connectivity index (χ2n) is 4.90. The summed E-state index contributed by atoms with van der Waals surface area (Å²) in [6.07, 6.45) is 2.35. The van der Waals surface area contributed by atoms with Crippen LogP contribution in [0, 0.1) is 10.1 Å². The maximum absolute atomic E-state index is 11.0. The average Bonchev–Trinajstić information content (AvgIpc) is 2.83. The Kier molecular flexibility index (Phi) is 4.19. The van der Waals surface area contributed by atoms with Gasteiger partial charge in [-0.3, -0.25) is 10.1 Å². The van der Waals surface area contributed by atoms with Gasteiger partial charge in [-0.15, -0.1) is 0 Å². The Balaban J connectivity index is 2.15. The molecule has 0 aromatic heterocycles. The molecule has 1 saturated heterocycles.